The summed E-state index contributed by atoms with van der Waals surface area (Å²) < 4.78 is 2.95. The molecule has 0 bridgehead atoms. The van der Waals surface area contributed by atoms with Crippen molar-refractivity contribution in [3.05, 3.63) is 54.8 Å². The number of anilines is 1. The molecular formula is C14H13Br2N3O. The Balaban J connectivity index is 1.92. The van der Waals surface area contributed by atoms with Crippen molar-refractivity contribution in [2.45, 2.75) is 18.9 Å². The lowest BCUT2D eigenvalue weighted by Crippen LogP contribution is -2.22. The van der Waals surface area contributed by atoms with Gasteiger partial charge in [0, 0.05) is 11.5 Å². The van der Waals surface area contributed by atoms with E-state index >= 15 is 0 Å². The van der Waals surface area contributed by atoms with Crippen LogP contribution >= 0.6 is 31.9 Å². The first-order chi connectivity index (χ1) is 9.56. The molecule has 1 aromatic heterocycles. The van der Waals surface area contributed by atoms with Crippen molar-refractivity contribution < 1.29 is 0 Å². The van der Waals surface area contributed by atoms with E-state index in [2.05, 4.69) is 60.5 Å². The van der Waals surface area contributed by atoms with Crippen LogP contribution < -0.4 is 10.9 Å². The van der Waals surface area contributed by atoms with Crippen molar-refractivity contribution in [2.24, 2.45) is 7.05 Å². The van der Waals surface area contributed by atoms with E-state index in [1.54, 1.807) is 13.2 Å². The minimum Gasteiger partial charge on any atom is -0.376 e. The molecule has 1 heterocycles. The Morgan fingerprint density at radius 1 is 1.40 bits per heavy atom. The van der Waals surface area contributed by atoms with Gasteiger partial charge in [-0.05, 0) is 52.0 Å². The molecule has 104 valence electrons. The Bertz CT molecular complexity index is 727. The fraction of sp³-hybridized carbons (Fsp3) is 0.286. The lowest BCUT2D eigenvalue weighted by atomic mass is 10.1. The number of aryl methyl sites for hydroxylation is 2. The average Bonchev–Trinajstić information content (AvgIpc) is 2.82. The van der Waals surface area contributed by atoms with Crippen LogP contribution in [0.2, 0.25) is 0 Å². The van der Waals surface area contributed by atoms with Crippen LogP contribution in [0.5, 0.6) is 0 Å². The van der Waals surface area contributed by atoms with Gasteiger partial charge in [0.15, 0.2) is 0 Å². The lowest BCUT2D eigenvalue weighted by Gasteiger charge is -2.16. The van der Waals surface area contributed by atoms with Gasteiger partial charge in [0.25, 0.3) is 5.56 Å². The highest BCUT2D eigenvalue weighted by Crippen LogP contribution is 2.36. The molecule has 1 atom stereocenters. The molecule has 0 fully saturated rings. The molecule has 4 nitrogen and oxygen atoms in total. The van der Waals surface area contributed by atoms with Crippen LogP contribution in [0.15, 0.2) is 38.1 Å². The van der Waals surface area contributed by atoms with Crippen LogP contribution in [-0.2, 0) is 13.5 Å². The summed E-state index contributed by atoms with van der Waals surface area (Å²) in [6, 6.07) is 6.57. The van der Waals surface area contributed by atoms with Crippen LogP contribution in [0, 0.1) is 0 Å². The third-order valence-electron chi connectivity index (χ3n) is 3.59. The second-order valence-corrected chi connectivity index (χ2v) is 6.59. The zero-order valence-corrected chi connectivity index (χ0v) is 14.0. The Kier molecular flexibility index (Phi) is 3.69. The number of aromatic nitrogens is 2. The smallest absolute Gasteiger partial charge is 0.282 e. The molecule has 1 aromatic carbocycles. The molecule has 1 aliphatic rings. The number of nitrogens with zero attached hydrogens (tertiary/aromatic N) is 2. The molecule has 0 radical (unpaired) electrons. The maximum absolute atomic E-state index is 11.9. The SMILES string of the molecule is Cn1ncc(NC2CCc3cc(Br)ccc32)c(Br)c1=O. The van der Waals surface area contributed by atoms with Gasteiger partial charge < -0.3 is 5.32 Å². The first-order valence-electron chi connectivity index (χ1n) is 6.33. The van der Waals surface area contributed by atoms with Gasteiger partial charge in [0.05, 0.1) is 17.9 Å². The van der Waals surface area contributed by atoms with Gasteiger partial charge in [0.2, 0.25) is 0 Å². The Morgan fingerprint density at radius 3 is 3.00 bits per heavy atom. The monoisotopic (exact) mass is 397 g/mol. The maximum Gasteiger partial charge on any atom is 0.282 e. The summed E-state index contributed by atoms with van der Waals surface area (Å²) in [5, 5.41) is 7.47. The molecule has 3 rings (SSSR count). The van der Waals surface area contributed by atoms with E-state index in [-0.39, 0.29) is 11.6 Å². The van der Waals surface area contributed by atoms with Gasteiger partial charge in [-0.2, -0.15) is 5.10 Å². The average molecular weight is 399 g/mol. The zero-order valence-electron chi connectivity index (χ0n) is 10.9. The summed E-state index contributed by atoms with van der Waals surface area (Å²) in [7, 11) is 1.64. The second kappa shape index (κ2) is 5.33. The quantitative estimate of drug-likeness (QED) is 0.843. The van der Waals surface area contributed by atoms with Crippen LogP contribution in [0.3, 0.4) is 0 Å². The summed E-state index contributed by atoms with van der Waals surface area (Å²) in [4.78, 5) is 11.9. The van der Waals surface area contributed by atoms with Gasteiger partial charge in [0.1, 0.15) is 4.47 Å². The van der Waals surface area contributed by atoms with Crippen molar-refractivity contribution >= 4 is 37.5 Å². The van der Waals surface area contributed by atoms with E-state index in [0.29, 0.717) is 4.47 Å². The summed E-state index contributed by atoms with van der Waals surface area (Å²) in [6.45, 7) is 0. The van der Waals surface area contributed by atoms with E-state index in [1.807, 2.05) is 0 Å². The van der Waals surface area contributed by atoms with E-state index in [4.69, 9.17) is 0 Å². The fourth-order valence-electron chi connectivity index (χ4n) is 2.54. The second-order valence-electron chi connectivity index (χ2n) is 4.88. The van der Waals surface area contributed by atoms with E-state index in [1.165, 1.54) is 15.8 Å². The molecular weight excluding hydrogens is 386 g/mol. The summed E-state index contributed by atoms with van der Waals surface area (Å²) in [5.41, 5.74) is 3.25. The van der Waals surface area contributed by atoms with E-state index in [9.17, 15) is 4.79 Å². The first-order valence-corrected chi connectivity index (χ1v) is 7.91. The third kappa shape index (κ3) is 2.42. The van der Waals surface area contributed by atoms with Crippen molar-refractivity contribution in [1.82, 2.24) is 9.78 Å². The van der Waals surface area contributed by atoms with Crippen molar-refractivity contribution in [1.29, 1.82) is 0 Å². The summed E-state index contributed by atoms with van der Waals surface area (Å²) >= 11 is 6.85. The van der Waals surface area contributed by atoms with Crippen LogP contribution in [0.25, 0.3) is 0 Å². The third-order valence-corrected chi connectivity index (χ3v) is 4.85. The van der Waals surface area contributed by atoms with E-state index < -0.39 is 0 Å². The molecule has 0 saturated heterocycles. The first kappa shape index (κ1) is 13.8. The van der Waals surface area contributed by atoms with Gasteiger partial charge in [-0.15, -0.1) is 0 Å². The summed E-state index contributed by atoms with van der Waals surface area (Å²) in [5.74, 6) is 0. The number of rotatable bonds is 2. The molecule has 1 unspecified atom stereocenters. The summed E-state index contributed by atoms with van der Waals surface area (Å²) in [6.07, 6.45) is 3.75. The number of nitrogens with one attached hydrogen (secondary N) is 1. The Hall–Kier alpha value is -1.14. The van der Waals surface area contributed by atoms with Gasteiger partial charge in [-0.25, -0.2) is 4.68 Å². The van der Waals surface area contributed by atoms with Gasteiger partial charge in [-0.3, -0.25) is 4.79 Å². The maximum atomic E-state index is 11.9. The number of fused-ring (bicyclic) bond motifs is 1. The molecule has 6 heteroatoms. The van der Waals surface area contributed by atoms with Crippen molar-refractivity contribution in [2.75, 3.05) is 5.32 Å². The standard InChI is InChI=1S/C14H13Br2N3O/c1-19-14(20)13(16)12(7-17-19)18-11-5-2-8-6-9(15)3-4-10(8)11/h3-4,6-7,11,18H,2,5H2,1H3. The molecule has 1 N–H and O–H groups in total. The number of hydrogen-bond donors (Lipinski definition) is 1. The molecule has 0 saturated carbocycles. The van der Waals surface area contributed by atoms with E-state index in [0.717, 1.165) is 23.0 Å². The Labute approximate surface area is 133 Å². The lowest BCUT2D eigenvalue weighted by molar-refractivity contribution is 0.697. The molecule has 20 heavy (non-hydrogen) atoms. The largest absolute Gasteiger partial charge is 0.376 e. The predicted molar refractivity (Wildman–Crippen MR) is 86.0 cm³/mol. The number of benzene rings is 1. The Morgan fingerprint density at radius 2 is 2.20 bits per heavy atom. The topological polar surface area (TPSA) is 46.9 Å². The van der Waals surface area contributed by atoms with Crippen molar-refractivity contribution in [3.63, 3.8) is 0 Å². The van der Waals surface area contributed by atoms with Gasteiger partial charge >= 0.3 is 0 Å². The van der Waals surface area contributed by atoms with Crippen LogP contribution in [0.4, 0.5) is 5.69 Å². The highest BCUT2D eigenvalue weighted by atomic mass is 79.9. The number of hydrogen-bond acceptors (Lipinski definition) is 3. The molecule has 2 aromatic rings. The van der Waals surface area contributed by atoms with Gasteiger partial charge in [-0.1, -0.05) is 22.0 Å². The minimum absolute atomic E-state index is 0.135. The van der Waals surface area contributed by atoms with Crippen molar-refractivity contribution in [3.8, 4) is 0 Å². The number of halogens is 2. The highest BCUT2D eigenvalue weighted by molar-refractivity contribution is 9.10. The minimum atomic E-state index is -0.135. The zero-order chi connectivity index (χ0) is 14.3. The molecule has 1 aliphatic carbocycles. The molecule has 0 aliphatic heterocycles. The normalized spacial score (nSPS) is 17.1. The highest BCUT2D eigenvalue weighted by Gasteiger charge is 2.23. The predicted octanol–water partition coefficient (Wildman–Crippen LogP) is 3.40. The molecule has 0 amide bonds. The molecule has 0 spiro atoms. The van der Waals surface area contributed by atoms with Crippen LogP contribution in [-0.4, -0.2) is 9.78 Å². The van der Waals surface area contributed by atoms with Crippen LogP contribution in [0.1, 0.15) is 23.6 Å². The fourth-order valence-corrected chi connectivity index (χ4v) is 3.42.